The molecule has 1 aliphatic rings. The molecule has 0 heterocycles. The second-order valence-electron chi connectivity index (χ2n) is 6.26. The average Bonchev–Trinajstić information content (AvgIpc) is 2.67. The molecule has 1 aromatic carbocycles. The van der Waals surface area contributed by atoms with Crippen molar-refractivity contribution >= 4 is 17.5 Å². The quantitative estimate of drug-likeness (QED) is 0.888. The van der Waals surface area contributed by atoms with E-state index in [0.29, 0.717) is 24.3 Å². The van der Waals surface area contributed by atoms with Crippen molar-refractivity contribution in [1.29, 1.82) is 0 Å². The van der Waals surface area contributed by atoms with Crippen molar-refractivity contribution in [1.82, 2.24) is 5.32 Å². The predicted octanol–water partition coefficient (Wildman–Crippen LogP) is 3.97. The lowest BCUT2D eigenvalue weighted by Crippen LogP contribution is -2.33. The van der Waals surface area contributed by atoms with Gasteiger partial charge in [-0.2, -0.15) is 0 Å². The summed E-state index contributed by atoms with van der Waals surface area (Å²) in [5, 5.41) is 3.89. The van der Waals surface area contributed by atoms with Crippen LogP contribution in [0.1, 0.15) is 45.1 Å². The maximum absolute atomic E-state index is 11.9. The maximum Gasteiger partial charge on any atom is 0.220 e. The summed E-state index contributed by atoms with van der Waals surface area (Å²) >= 11 is 6.08. The topological polar surface area (TPSA) is 29.1 Å². The van der Waals surface area contributed by atoms with Crippen LogP contribution in [0.5, 0.6) is 0 Å². The average molecular weight is 280 g/mol. The Bertz CT molecular complexity index is 456. The van der Waals surface area contributed by atoms with Crippen LogP contribution in [-0.2, 0) is 11.2 Å². The van der Waals surface area contributed by atoms with Crippen molar-refractivity contribution in [3.8, 4) is 0 Å². The number of halogens is 1. The highest BCUT2D eigenvalue weighted by molar-refractivity contribution is 6.31. The molecule has 1 aliphatic carbocycles. The maximum atomic E-state index is 11.9. The fourth-order valence-corrected chi connectivity index (χ4v) is 3.04. The van der Waals surface area contributed by atoms with Gasteiger partial charge in [0.2, 0.25) is 5.91 Å². The van der Waals surface area contributed by atoms with Crippen molar-refractivity contribution in [2.75, 3.05) is 0 Å². The number of nitrogens with one attached hydrogen (secondary N) is 1. The van der Waals surface area contributed by atoms with Crippen molar-refractivity contribution in [3.63, 3.8) is 0 Å². The molecule has 0 spiro atoms. The molecular formula is C16H22ClNO. The summed E-state index contributed by atoms with van der Waals surface area (Å²) < 4.78 is 0. The second kappa shape index (κ2) is 5.96. The van der Waals surface area contributed by atoms with Crippen LogP contribution >= 0.6 is 11.6 Å². The van der Waals surface area contributed by atoms with Gasteiger partial charge >= 0.3 is 0 Å². The van der Waals surface area contributed by atoms with Crippen LogP contribution in [0.15, 0.2) is 24.3 Å². The molecule has 1 N–H and O–H groups in total. The lowest BCUT2D eigenvalue weighted by atomic mass is 9.92. The molecule has 0 saturated heterocycles. The van der Waals surface area contributed by atoms with Gasteiger partial charge in [-0.05, 0) is 42.7 Å². The monoisotopic (exact) mass is 279 g/mol. The fraction of sp³-hybridized carbons (Fsp3) is 0.562. The predicted molar refractivity (Wildman–Crippen MR) is 79.3 cm³/mol. The van der Waals surface area contributed by atoms with E-state index in [1.165, 1.54) is 6.42 Å². The molecule has 0 radical (unpaired) electrons. The number of hydrogen-bond donors (Lipinski definition) is 1. The van der Waals surface area contributed by atoms with Crippen molar-refractivity contribution < 1.29 is 4.79 Å². The third kappa shape index (κ3) is 4.24. The molecule has 1 amide bonds. The summed E-state index contributed by atoms with van der Waals surface area (Å²) in [6.07, 6.45) is 4.61. The highest BCUT2D eigenvalue weighted by Crippen LogP contribution is 2.36. The van der Waals surface area contributed by atoms with Gasteiger partial charge in [0.25, 0.3) is 0 Å². The molecule has 0 aromatic heterocycles. The van der Waals surface area contributed by atoms with Gasteiger partial charge in [0.1, 0.15) is 0 Å². The molecule has 1 aromatic rings. The van der Waals surface area contributed by atoms with Crippen molar-refractivity contribution in [3.05, 3.63) is 34.9 Å². The highest BCUT2D eigenvalue weighted by atomic mass is 35.5. The molecule has 104 valence electrons. The molecule has 0 aliphatic heterocycles. The van der Waals surface area contributed by atoms with Gasteiger partial charge in [-0.25, -0.2) is 0 Å². The van der Waals surface area contributed by atoms with E-state index >= 15 is 0 Å². The Morgan fingerprint density at radius 3 is 2.79 bits per heavy atom. The third-order valence-electron chi connectivity index (χ3n) is 3.91. The molecule has 19 heavy (non-hydrogen) atoms. The molecule has 1 fully saturated rings. The Labute approximate surface area is 120 Å². The van der Waals surface area contributed by atoms with E-state index in [2.05, 4.69) is 19.2 Å². The minimum Gasteiger partial charge on any atom is -0.353 e. The van der Waals surface area contributed by atoms with E-state index in [1.807, 2.05) is 24.3 Å². The number of carbonyl (C=O) groups excluding carboxylic acids is 1. The summed E-state index contributed by atoms with van der Waals surface area (Å²) in [6.45, 7) is 4.53. The molecule has 1 saturated carbocycles. The minimum absolute atomic E-state index is 0.141. The summed E-state index contributed by atoms with van der Waals surface area (Å²) in [4.78, 5) is 11.9. The molecule has 1 atom stereocenters. The highest BCUT2D eigenvalue weighted by Gasteiger charge is 2.31. The normalized spacial score (nSPS) is 21.3. The molecule has 3 heteroatoms. The Morgan fingerprint density at radius 2 is 2.16 bits per heavy atom. The Hall–Kier alpha value is -1.02. The molecule has 1 unspecified atom stereocenters. The van der Waals surface area contributed by atoms with Crippen molar-refractivity contribution in [2.45, 2.75) is 52.0 Å². The molecule has 2 nitrogen and oxygen atoms in total. The van der Waals surface area contributed by atoms with Crippen LogP contribution in [-0.4, -0.2) is 11.9 Å². The van der Waals surface area contributed by atoms with Gasteiger partial charge in [0, 0.05) is 17.5 Å². The first-order valence-electron chi connectivity index (χ1n) is 6.99. The molecule has 2 rings (SSSR count). The van der Waals surface area contributed by atoms with E-state index < -0.39 is 0 Å². The zero-order valence-electron chi connectivity index (χ0n) is 11.7. The van der Waals surface area contributed by atoms with Crippen LogP contribution in [0.3, 0.4) is 0 Å². The van der Waals surface area contributed by atoms with Crippen LogP contribution in [0.25, 0.3) is 0 Å². The van der Waals surface area contributed by atoms with Crippen molar-refractivity contribution in [2.24, 2.45) is 5.41 Å². The van der Waals surface area contributed by atoms with E-state index in [9.17, 15) is 4.79 Å². The minimum atomic E-state index is 0.141. The summed E-state index contributed by atoms with van der Waals surface area (Å²) in [5.41, 5.74) is 1.42. The Kier molecular flexibility index (Phi) is 4.51. The van der Waals surface area contributed by atoms with Crippen LogP contribution in [0, 0.1) is 5.41 Å². The first kappa shape index (κ1) is 14.4. The second-order valence-corrected chi connectivity index (χ2v) is 6.67. The summed E-state index contributed by atoms with van der Waals surface area (Å²) in [5.74, 6) is 0.141. The third-order valence-corrected chi connectivity index (χ3v) is 4.28. The van der Waals surface area contributed by atoms with Gasteiger partial charge in [-0.15, -0.1) is 0 Å². The SMILES string of the molecule is CC1(C)CCC(NC(=O)CCc2ccccc2Cl)C1. The number of hydrogen-bond acceptors (Lipinski definition) is 1. The van der Waals surface area contributed by atoms with Gasteiger partial charge in [0.05, 0.1) is 0 Å². The first-order chi connectivity index (χ1) is 8.96. The number of amides is 1. The largest absolute Gasteiger partial charge is 0.353 e. The van der Waals surface area contributed by atoms with Crippen LogP contribution in [0.2, 0.25) is 5.02 Å². The number of aryl methyl sites for hydroxylation is 1. The zero-order valence-corrected chi connectivity index (χ0v) is 12.5. The van der Waals surface area contributed by atoms with Gasteiger partial charge in [0.15, 0.2) is 0 Å². The van der Waals surface area contributed by atoms with Gasteiger partial charge < -0.3 is 5.32 Å². The number of carbonyl (C=O) groups is 1. The summed E-state index contributed by atoms with van der Waals surface area (Å²) in [7, 11) is 0. The fourth-order valence-electron chi connectivity index (χ4n) is 2.81. The van der Waals surface area contributed by atoms with E-state index in [0.717, 1.165) is 23.4 Å². The Morgan fingerprint density at radius 1 is 1.42 bits per heavy atom. The Balaban J connectivity index is 1.78. The standard InChI is InChI=1S/C16H22ClNO/c1-16(2)10-9-13(11-16)18-15(19)8-7-12-5-3-4-6-14(12)17/h3-6,13H,7-11H2,1-2H3,(H,18,19). The molecule has 0 bridgehead atoms. The van der Waals surface area contributed by atoms with Crippen LogP contribution in [0.4, 0.5) is 0 Å². The zero-order chi connectivity index (χ0) is 13.9. The van der Waals surface area contributed by atoms with Crippen LogP contribution < -0.4 is 5.32 Å². The van der Waals surface area contributed by atoms with Gasteiger partial charge in [-0.1, -0.05) is 43.6 Å². The van der Waals surface area contributed by atoms with Gasteiger partial charge in [-0.3, -0.25) is 4.79 Å². The lowest BCUT2D eigenvalue weighted by Gasteiger charge is -2.17. The van der Waals surface area contributed by atoms with E-state index in [1.54, 1.807) is 0 Å². The number of benzene rings is 1. The number of rotatable bonds is 4. The van der Waals surface area contributed by atoms with E-state index in [-0.39, 0.29) is 5.91 Å². The smallest absolute Gasteiger partial charge is 0.220 e. The molecular weight excluding hydrogens is 258 g/mol. The summed E-state index contributed by atoms with van der Waals surface area (Å²) in [6, 6.07) is 8.07. The lowest BCUT2D eigenvalue weighted by molar-refractivity contribution is -0.121. The first-order valence-corrected chi connectivity index (χ1v) is 7.37. The van der Waals surface area contributed by atoms with E-state index in [4.69, 9.17) is 11.6 Å².